The zero-order chi connectivity index (χ0) is 18.6. The van der Waals surface area contributed by atoms with Crippen LogP contribution in [-0.4, -0.2) is 22.8 Å². The number of nitrogens with zero attached hydrogens (tertiary/aromatic N) is 1. The fourth-order valence-corrected chi connectivity index (χ4v) is 2.17. The first-order chi connectivity index (χ1) is 11.8. The van der Waals surface area contributed by atoms with Gasteiger partial charge in [0.2, 0.25) is 5.78 Å². The number of furan rings is 1. The van der Waals surface area contributed by atoms with Crippen LogP contribution < -0.4 is 0 Å². The molecule has 1 aromatic heterocycles. The third kappa shape index (κ3) is 4.63. The van der Waals surface area contributed by atoms with Gasteiger partial charge in [0.15, 0.2) is 6.10 Å². The van der Waals surface area contributed by atoms with Crippen LogP contribution in [0.2, 0.25) is 0 Å². The number of nitro groups is 1. The molecule has 0 fully saturated rings. The molecule has 0 radical (unpaired) electrons. The van der Waals surface area contributed by atoms with E-state index in [1.165, 1.54) is 25.1 Å². The molecule has 0 spiro atoms. The number of Topliss-reactive ketones (excluding diaryl/α,β-unsaturated/α-hetero) is 1. The summed E-state index contributed by atoms with van der Waals surface area (Å²) in [6, 6.07) is 8.01. The molecule has 0 aliphatic carbocycles. The molecular weight excluding hydrogens is 326 g/mol. The molecule has 7 heteroatoms. The molecule has 7 nitrogen and oxygen atoms in total. The molecule has 1 heterocycles. The van der Waals surface area contributed by atoms with Crippen molar-refractivity contribution in [3.05, 3.63) is 69.0 Å². The zero-order valence-electron chi connectivity index (χ0n) is 14.0. The molecule has 0 saturated carbocycles. The average molecular weight is 343 g/mol. The summed E-state index contributed by atoms with van der Waals surface area (Å²) in [4.78, 5) is 34.1. The quantitative estimate of drug-likeness (QED) is 0.261. The fraction of sp³-hybridized carbons (Fsp3) is 0.222. The molecule has 0 bridgehead atoms. The predicted molar refractivity (Wildman–Crippen MR) is 90.2 cm³/mol. The van der Waals surface area contributed by atoms with Crippen LogP contribution in [-0.2, 0) is 9.53 Å². The lowest BCUT2D eigenvalue weighted by atomic mass is 9.99. The van der Waals surface area contributed by atoms with Crippen molar-refractivity contribution < 1.29 is 23.7 Å². The zero-order valence-corrected chi connectivity index (χ0v) is 14.0. The fourth-order valence-electron chi connectivity index (χ4n) is 2.17. The van der Waals surface area contributed by atoms with E-state index in [1.807, 2.05) is 26.0 Å². The van der Waals surface area contributed by atoms with E-state index < -0.39 is 22.9 Å². The topological polar surface area (TPSA) is 99.7 Å². The maximum Gasteiger partial charge on any atom is 0.433 e. The van der Waals surface area contributed by atoms with Crippen molar-refractivity contribution >= 4 is 23.7 Å². The van der Waals surface area contributed by atoms with Gasteiger partial charge in [-0.3, -0.25) is 14.9 Å². The molecular formula is C18H17NO6. The van der Waals surface area contributed by atoms with E-state index in [-0.39, 0.29) is 11.5 Å². The van der Waals surface area contributed by atoms with Gasteiger partial charge < -0.3 is 9.15 Å². The van der Waals surface area contributed by atoms with E-state index in [1.54, 1.807) is 6.07 Å². The average Bonchev–Trinajstić information content (AvgIpc) is 3.03. The van der Waals surface area contributed by atoms with Gasteiger partial charge in [0.05, 0.1) is 6.07 Å². The standard InChI is InChI=1S/C18H17NO6/c1-11-4-5-12(2)15(10-11)18(21)13(3)24-17(20)9-7-14-6-8-16(25-14)19(22)23/h4-10,13H,1-3H3/b9-7+/t13-/m1/s1. The summed E-state index contributed by atoms with van der Waals surface area (Å²) in [5.74, 6) is -1.33. The van der Waals surface area contributed by atoms with Gasteiger partial charge in [0.1, 0.15) is 10.7 Å². The van der Waals surface area contributed by atoms with Crippen molar-refractivity contribution in [3.63, 3.8) is 0 Å². The van der Waals surface area contributed by atoms with Crippen molar-refractivity contribution in [2.45, 2.75) is 26.9 Å². The van der Waals surface area contributed by atoms with Crippen molar-refractivity contribution in [1.29, 1.82) is 0 Å². The van der Waals surface area contributed by atoms with Crippen LogP contribution in [0.25, 0.3) is 6.08 Å². The van der Waals surface area contributed by atoms with E-state index >= 15 is 0 Å². The largest absolute Gasteiger partial charge is 0.451 e. The SMILES string of the molecule is Cc1ccc(C)c(C(=O)[C@@H](C)OC(=O)/C=C/c2ccc([N+](=O)[O-])o2)c1. The Hall–Kier alpha value is -3.22. The van der Waals surface area contributed by atoms with E-state index in [9.17, 15) is 19.7 Å². The Morgan fingerprint density at radius 2 is 1.96 bits per heavy atom. The van der Waals surface area contributed by atoms with E-state index in [0.29, 0.717) is 5.56 Å². The molecule has 0 unspecified atom stereocenters. The third-order valence-corrected chi connectivity index (χ3v) is 3.50. The lowest BCUT2D eigenvalue weighted by Gasteiger charge is -2.13. The highest BCUT2D eigenvalue weighted by atomic mass is 16.6. The molecule has 25 heavy (non-hydrogen) atoms. The minimum absolute atomic E-state index is 0.136. The molecule has 0 amide bonds. The number of rotatable bonds is 6. The van der Waals surface area contributed by atoms with E-state index in [2.05, 4.69) is 0 Å². The van der Waals surface area contributed by atoms with Crippen LogP contribution in [0.3, 0.4) is 0 Å². The Morgan fingerprint density at radius 3 is 2.60 bits per heavy atom. The number of aryl methyl sites for hydroxylation is 2. The summed E-state index contributed by atoms with van der Waals surface area (Å²) in [5, 5.41) is 10.5. The first-order valence-electron chi connectivity index (χ1n) is 7.52. The second-order valence-electron chi connectivity index (χ2n) is 5.53. The summed E-state index contributed by atoms with van der Waals surface area (Å²) in [7, 11) is 0. The molecule has 0 aliphatic heterocycles. The summed E-state index contributed by atoms with van der Waals surface area (Å²) in [6.45, 7) is 5.18. The maximum atomic E-state index is 12.4. The summed E-state index contributed by atoms with van der Waals surface area (Å²) >= 11 is 0. The van der Waals surface area contributed by atoms with E-state index in [4.69, 9.17) is 9.15 Å². The molecule has 2 rings (SSSR count). The smallest absolute Gasteiger partial charge is 0.433 e. The number of benzene rings is 1. The monoisotopic (exact) mass is 343 g/mol. The Balaban J connectivity index is 2.01. The van der Waals surface area contributed by atoms with Gasteiger partial charge in [0.25, 0.3) is 0 Å². The van der Waals surface area contributed by atoms with Crippen LogP contribution in [0.4, 0.5) is 5.88 Å². The highest BCUT2D eigenvalue weighted by Gasteiger charge is 2.20. The summed E-state index contributed by atoms with van der Waals surface area (Å²) in [5.41, 5.74) is 2.25. The van der Waals surface area contributed by atoms with Crippen molar-refractivity contribution in [1.82, 2.24) is 0 Å². The lowest BCUT2D eigenvalue weighted by Crippen LogP contribution is -2.24. The van der Waals surface area contributed by atoms with Gasteiger partial charge in [-0.25, -0.2) is 4.79 Å². The maximum absolute atomic E-state index is 12.4. The van der Waals surface area contributed by atoms with Crippen LogP contribution >= 0.6 is 0 Å². The molecule has 0 N–H and O–H groups in total. The second-order valence-corrected chi connectivity index (χ2v) is 5.53. The van der Waals surface area contributed by atoms with Gasteiger partial charge >= 0.3 is 11.9 Å². The lowest BCUT2D eigenvalue weighted by molar-refractivity contribution is -0.402. The second kappa shape index (κ2) is 7.57. The highest BCUT2D eigenvalue weighted by molar-refractivity contribution is 6.02. The first-order valence-corrected chi connectivity index (χ1v) is 7.52. The minimum atomic E-state index is -0.955. The van der Waals surface area contributed by atoms with Gasteiger partial charge in [-0.15, -0.1) is 0 Å². The van der Waals surface area contributed by atoms with Crippen molar-refractivity contribution in [2.24, 2.45) is 0 Å². The van der Waals surface area contributed by atoms with E-state index in [0.717, 1.165) is 17.2 Å². The van der Waals surface area contributed by atoms with Crippen LogP contribution in [0, 0.1) is 24.0 Å². The van der Waals surface area contributed by atoms with Crippen LogP contribution in [0.1, 0.15) is 34.2 Å². The Bertz CT molecular complexity index is 849. The number of carbonyl (C=O) groups is 2. The van der Waals surface area contributed by atoms with Gasteiger partial charge in [-0.2, -0.15) is 0 Å². The summed E-state index contributed by atoms with van der Waals surface area (Å²) < 4.78 is 9.97. The van der Waals surface area contributed by atoms with Crippen LogP contribution in [0.5, 0.6) is 0 Å². The molecule has 0 aliphatic rings. The molecule has 2 aromatic rings. The van der Waals surface area contributed by atoms with Gasteiger partial charge in [-0.1, -0.05) is 17.7 Å². The third-order valence-electron chi connectivity index (χ3n) is 3.50. The number of ketones is 1. The molecule has 1 atom stereocenters. The number of hydrogen-bond acceptors (Lipinski definition) is 6. The molecule has 130 valence electrons. The Morgan fingerprint density at radius 1 is 1.24 bits per heavy atom. The van der Waals surface area contributed by atoms with Gasteiger partial charge in [-0.05, 0) is 44.5 Å². The predicted octanol–water partition coefficient (Wildman–Crippen LogP) is 3.63. The summed E-state index contributed by atoms with van der Waals surface area (Å²) in [6.07, 6.45) is 1.34. The number of ether oxygens (including phenoxy) is 1. The number of hydrogen-bond donors (Lipinski definition) is 0. The van der Waals surface area contributed by atoms with Crippen molar-refractivity contribution in [2.75, 3.05) is 0 Å². The highest BCUT2D eigenvalue weighted by Crippen LogP contribution is 2.17. The minimum Gasteiger partial charge on any atom is -0.451 e. The van der Waals surface area contributed by atoms with Crippen molar-refractivity contribution in [3.8, 4) is 0 Å². The Labute approximate surface area is 144 Å². The first kappa shape index (κ1) is 18.1. The number of esters is 1. The van der Waals surface area contributed by atoms with Crippen LogP contribution in [0.15, 0.2) is 40.8 Å². The number of carbonyl (C=O) groups excluding carboxylic acids is 2. The normalized spacial score (nSPS) is 12.1. The molecule has 1 aromatic carbocycles. The van der Waals surface area contributed by atoms with Gasteiger partial charge in [0, 0.05) is 11.6 Å². The Kier molecular flexibility index (Phi) is 5.49. The molecule has 0 saturated heterocycles.